The standard InChI is InChI=1S/C8H15NO2/c1-3-5-8(11)9-6-7(10)4-2/h3,7,10H,1,4-6H2,2H3,(H,9,11). The van der Waals surface area contributed by atoms with E-state index in [0.717, 1.165) is 0 Å². The molecule has 64 valence electrons. The van der Waals surface area contributed by atoms with Gasteiger partial charge >= 0.3 is 0 Å². The number of nitrogens with one attached hydrogen (secondary N) is 1. The van der Waals surface area contributed by atoms with Crippen LogP contribution in [-0.4, -0.2) is 23.7 Å². The monoisotopic (exact) mass is 157 g/mol. The molecule has 0 aromatic rings. The molecule has 3 heteroatoms. The van der Waals surface area contributed by atoms with Gasteiger partial charge in [0.05, 0.1) is 6.10 Å². The summed E-state index contributed by atoms with van der Waals surface area (Å²) < 4.78 is 0. The Kier molecular flexibility index (Phi) is 5.47. The van der Waals surface area contributed by atoms with Crippen LogP contribution in [0.5, 0.6) is 0 Å². The summed E-state index contributed by atoms with van der Waals surface area (Å²) in [6, 6.07) is 0. The van der Waals surface area contributed by atoms with Gasteiger partial charge in [0.15, 0.2) is 0 Å². The van der Waals surface area contributed by atoms with Crippen molar-refractivity contribution in [1.82, 2.24) is 5.32 Å². The quantitative estimate of drug-likeness (QED) is 0.569. The number of rotatable bonds is 5. The van der Waals surface area contributed by atoms with Gasteiger partial charge < -0.3 is 10.4 Å². The number of hydrogen-bond donors (Lipinski definition) is 2. The Balaban J connectivity index is 3.37. The highest BCUT2D eigenvalue weighted by molar-refractivity contribution is 5.77. The van der Waals surface area contributed by atoms with E-state index in [9.17, 15) is 4.79 Å². The molecular weight excluding hydrogens is 142 g/mol. The largest absolute Gasteiger partial charge is 0.391 e. The minimum absolute atomic E-state index is 0.0903. The highest BCUT2D eigenvalue weighted by atomic mass is 16.3. The summed E-state index contributed by atoms with van der Waals surface area (Å²) in [5, 5.41) is 11.6. The van der Waals surface area contributed by atoms with E-state index < -0.39 is 6.10 Å². The van der Waals surface area contributed by atoms with E-state index in [1.807, 2.05) is 6.92 Å². The Hall–Kier alpha value is -0.830. The lowest BCUT2D eigenvalue weighted by Gasteiger charge is -2.07. The zero-order chi connectivity index (χ0) is 8.69. The Bertz CT molecular complexity index is 134. The molecule has 0 radical (unpaired) electrons. The summed E-state index contributed by atoms with van der Waals surface area (Å²) in [5.41, 5.74) is 0. The predicted octanol–water partition coefficient (Wildman–Crippen LogP) is 0.450. The van der Waals surface area contributed by atoms with Crippen molar-refractivity contribution in [3.63, 3.8) is 0 Å². The van der Waals surface area contributed by atoms with Gasteiger partial charge in [0, 0.05) is 13.0 Å². The summed E-state index contributed by atoms with van der Waals surface area (Å²) in [4.78, 5) is 10.8. The summed E-state index contributed by atoms with van der Waals surface area (Å²) in [7, 11) is 0. The number of hydrogen-bond acceptors (Lipinski definition) is 2. The predicted molar refractivity (Wildman–Crippen MR) is 44.1 cm³/mol. The van der Waals surface area contributed by atoms with Gasteiger partial charge in [-0.15, -0.1) is 6.58 Å². The molecule has 0 aromatic heterocycles. The molecule has 1 atom stereocenters. The molecule has 11 heavy (non-hydrogen) atoms. The first-order valence-corrected chi connectivity index (χ1v) is 3.76. The van der Waals surface area contributed by atoms with Crippen LogP contribution in [0.15, 0.2) is 12.7 Å². The molecule has 0 aliphatic carbocycles. The maximum Gasteiger partial charge on any atom is 0.223 e. The molecule has 0 bridgehead atoms. The van der Waals surface area contributed by atoms with Crippen LogP contribution < -0.4 is 5.32 Å². The van der Waals surface area contributed by atoms with Gasteiger partial charge in [-0.05, 0) is 6.42 Å². The molecule has 1 unspecified atom stereocenters. The normalized spacial score (nSPS) is 12.2. The van der Waals surface area contributed by atoms with Crippen LogP contribution in [0.3, 0.4) is 0 Å². The van der Waals surface area contributed by atoms with Crippen LogP contribution in [0.4, 0.5) is 0 Å². The highest BCUT2D eigenvalue weighted by Gasteiger charge is 2.02. The topological polar surface area (TPSA) is 49.3 Å². The van der Waals surface area contributed by atoms with Gasteiger partial charge in [0.1, 0.15) is 0 Å². The third kappa shape index (κ3) is 5.61. The number of carbonyl (C=O) groups excluding carboxylic acids is 1. The smallest absolute Gasteiger partial charge is 0.223 e. The molecule has 2 N–H and O–H groups in total. The molecule has 0 aliphatic heterocycles. The van der Waals surface area contributed by atoms with Gasteiger partial charge in [0.25, 0.3) is 0 Å². The summed E-state index contributed by atoms with van der Waals surface area (Å²) in [5.74, 6) is -0.0903. The van der Waals surface area contributed by atoms with Crippen LogP contribution in [0.25, 0.3) is 0 Å². The van der Waals surface area contributed by atoms with Gasteiger partial charge in [-0.25, -0.2) is 0 Å². The Morgan fingerprint density at radius 1 is 1.82 bits per heavy atom. The lowest BCUT2D eigenvalue weighted by molar-refractivity contribution is -0.120. The van der Waals surface area contributed by atoms with E-state index in [2.05, 4.69) is 11.9 Å². The SMILES string of the molecule is C=CCC(=O)NCC(O)CC. The first-order chi connectivity index (χ1) is 5.20. The first kappa shape index (κ1) is 10.2. The van der Waals surface area contributed by atoms with Crippen LogP contribution >= 0.6 is 0 Å². The van der Waals surface area contributed by atoms with Crippen molar-refractivity contribution in [2.24, 2.45) is 0 Å². The van der Waals surface area contributed by atoms with Crippen LogP contribution in [0.1, 0.15) is 19.8 Å². The van der Waals surface area contributed by atoms with Crippen LogP contribution in [0, 0.1) is 0 Å². The van der Waals surface area contributed by atoms with E-state index in [1.54, 1.807) is 0 Å². The number of amides is 1. The lowest BCUT2D eigenvalue weighted by atomic mass is 10.3. The fourth-order valence-corrected chi connectivity index (χ4v) is 0.579. The molecule has 0 spiro atoms. The van der Waals surface area contributed by atoms with Crippen LogP contribution in [-0.2, 0) is 4.79 Å². The maximum atomic E-state index is 10.8. The van der Waals surface area contributed by atoms with E-state index in [4.69, 9.17) is 5.11 Å². The highest BCUT2D eigenvalue weighted by Crippen LogP contribution is 1.87. The minimum atomic E-state index is -0.427. The van der Waals surface area contributed by atoms with Gasteiger partial charge in [-0.1, -0.05) is 13.0 Å². The fraction of sp³-hybridized carbons (Fsp3) is 0.625. The van der Waals surface area contributed by atoms with E-state index in [-0.39, 0.29) is 5.91 Å². The van der Waals surface area contributed by atoms with Crippen molar-refractivity contribution in [1.29, 1.82) is 0 Å². The molecule has 0 rings (SSSR count). The third-order valence-electron chi connectivity index (χ3n) is 1.34. The van der Waals surface area contributed by atoms with Gasteiger partial charge in [0.2, 0.25) is 5.91 Å². The van der Waals surface area contributed by atoms with Crippen molar-refractivity contribution in [2.75, 3.05) is 6.54 Å². The molecule has 0 aliphatic rings. The molecule has 3 nitrogen and oxygen atoms in total. The van der Waals surface area contributed by atoms with Gasteiger partial charge in [-0.2, -0.15) is 0 Å². The molecular formula is C8H15NO2. The average Bonchev–Trinajstić information content (AvgIpc) is 2.01. The summed E-state index contributed by atoms with van der Waals surface area (Å²) in [6.07, 6.45) is 2.09. The second kappa shape index (κ2) is 5.92. The van der Waals surface area contributed by atoms with Gasteiger partial charge in [-0.3, -0.25) is 4.79 Å². The number of carbonyl (C=O) groups is 1. The zero-order valence-corrected chi connectivity index (χ0v) is 6.84. The first-order valence-electron chi connectivity index (χ1n) is 3.76. The van der Waals surface area contributed by atoms with Crippen molar-refractivity contribution >= 4 is 5.91 Å². The fourth-order valence-electron chi connectivity index (χ4n) is 0.579. The summed E-state index contributed by atoms with van der Waals surface area (Å²) >= 11 is 0. The van der Waals surface area contributed by atoms with Crippen LogP contribution in [0.2, 0.25) is 0 Å². The van der Waals surface area contributed by atoms with Crippen molar-refractivity contribution in [3.8, 4) is 0 Å². The Morgan fingerprint density at radius 2 is 2.45 bits per heavy atom. The Morgan fingerprint density at radius 3 is 2.91 bits per heavy atom. The third-order valence-corrected chi connectivity index (χ3v) is 1.34. The number of aliphatic hydroxyl groups is 1. The average molecular weight is 157 g/mol. The van der Waals surface area contributed by atoms with E-state index >= 15 is 0 Å². The van der Waals surface area contributed by atoms with E-state index in [0.29, 0.717) is 19.4 Å². The molecule has 0 aromatic carbocycles. The zero-order valence-electron chi connectivity index (χ0n) is 6.84. The molecule has 0 fully saturated rings. The molecule has 0 saturated carbocycles. The van der Waals surface area contributed by atoms with Crippen molar-refractivity contribution in [3.05, 3.63) is 12.7 Å². The summed E-state index contributed by atoms with van der Waals surface area (Å²) in [6.45, 7) is 5.63. The molecule has 0 saturated heterocycles. The van der Waals surface area contributed by atoms with Crippen molar-refractivity contribution < 1.29 is 9.90 Å². The molecule has 0 heterocycles. The second-order valence-corrected chi connectivity index (χ2v) is 2.36. The number of aliphatic hydroxyl groups excluding tert-OH is 1. The molecule has 1 amide bonds. The maximum absolute atomic E-state index is 10.8. The lowest BCUT2D eigenvalue weighted by Crippen LogP contribution is -2.31. The second-order valence-electron chi connectivity index (χ2n) is 2.36. The van der Waals surface area contributed by atoms with Crippen molar-refractivity contribution in [2.45, 2.75) is 25.9 Å². The van der Waals surface area contributed by atoms with E-state index in [1.165, 1.54) is 6.08 Å². The Labute approximate surface area is 67.1 Å². The minimum Gasteiger partial charge on any atom is -0.391 e.